The van der Waals surface area contributed by atoms with E-state index in [9.17, 15) is 13.6 Å². The van der Waals surface area contributed by atoms with Gasteiger partial charge in [-0.05, 0) is 30.2 Å². The topological polar surface area (TPSA) is 45.3 Å². The lowest BCUT2D eigenvalue weighted by molar-refractivity contribution is -0.0487. The molecule has 4 rings (SSSR count). The fraction of sp³-hybridized carbons (Fsp3) is 0.250. The smallest absolute Gasteiger partial charge is 0.387 e. The predicted molar refractivity (Wildman–Crippen MR) is 94.6 cm³/mol. The zero-order chi connectivity index (χ0) is 18.1. The molecule has 4 nitrogen and oxygen atoms in total. The predicted octanol–water partition coefficient (Wildman–Crippen LogP) is 4.40. The van der Waals surface area contributed by atoms with Gasteiger partial charge in [0.2, 0.25) is 0 Å². The zero-order valence-electron chi connectivity index (χ0n) is 14.0. The minimum atomic E-state index is -2.90. The maximum atomic E-state index is 12.8. The Labute approximate surface area is 149 Å². The van der Waals surface area contributed by atoms with Crippen molar-refractivity contribution in [2.45, 2.75) is 19.0 Å². The second-order valence-electron chi connectivity index (χ2n) is 6.43. The van der Waals surface area contributed by atoms with Crippen LogP contribution in [0.4, 0.5) is 8.78 Å². The number of fused-ring (bicyclic) bond motifs is 1. The molecule has 1 atom stereocenters. The Morgan fingerprint density at radius 3 is 2.73 bits per heavy atom. The molecule has 2 aromatic carbocycles. The van der Waals surface area contributed by atoms with E-state index in [1.807, 2.05) is 18.2 Å². The van der Waals surface area contributed by atoms with Crippen LogP contribution in [0.5, 0.6) is 5.75 Å². The fourth-order valence-corrected chi connectivity index (χ4v) is 3.55. The summed E-state index contributed by atoms with van der Waals surface area (Å²) in [5, 5.41) is 0.481. The van der Waals surface area contributed by atoms with Gasteiger partial charge < -0.3 is 14.6 Å². The van der Waals surface area contributed by atoms with Gasteiger partial charge >= 0.3 is 6.61 Å². The Morgan fingerprint density at radius 2 is 1.96 bits per heavy atom. The standard InChI is InChI=1S/C20H18F2N2O2/c21-20(22)26-18-8-4-7-16-15(18)11-17(23-16)19(25)24-10-9-14(12-24)13-5-2-1-3-6-13/h1-8,11,14,20,23H,9-10,12H2/t14-/m1/s1. The molecule has 134 valence electrons. The lowest BCUT2D eigenvalue weighted by Crippen LogP contribution is -2.28. The highest BCUT2D eigenvalue weighted by molar-refractivity contribution is 5.99. The molecule has 1 aliphatic heterocycles. The number of hydrogen-bond acceptors (Lipinski definition) is 2. The van der Waals surface area contributed by atoms with E-state index in [0.29, 0.717) is 35.6 Å². The number of aromatic amines is 1. The van der Waals surface area contributed by atoms with Crippen LogP contribution in [0.3, 0.4) is 0 Å². The molecular formula is C20H18F2N2O2. The van der Waals surface area contributed by atoms with E-state index in [2.05, 4.69) is 21.9 Å². The number of alkyl halides is 2. The number of hydrogen-bond donors (Lipinski definition) is 1. The Kier molecular flexibility index (Phi) is 4.32. The Hall–Kier alpha value is -2.89. The molecule has 3 aromatic rings. The van der Waals surface area contributed by atoms with Crippen molar-refractivity contribution in [3.05, 3.63) is 65.9 Å². The van der Waals surface area contributed by atoms with Gasteiger partial charge in [0.15, 0.2) is 0 Å². The van der Waals surface area contributed by atoms with Crippen LogP contribution in [0.2, 0.25) is 0 Å². The summed E-state index contributed by atoms with van der Waals surface area (Å²) in [4.78, 5) is 17.7. The van der Waals surface area contributed by atoms with Crippen LogP contribution >= 0.6 is 0 Å². The molecular weight excluding hydrogens is 338 g/mol. The van der Waals surface area contributed by atoms with Crippen molar-refractivity contribution in [1.29, 1.82) is 0 Å². The molecule has 2 heterocycles. The molecule has 1 amide bonds. The molecule has 26 heavy (non-hydrogen) atoms. The van der Waals surface area contributed by atoms with Gasteiger partial charge in [-0.3, -0.25) is 4.79 Å². The molecule has 0 bridgehead atoms. The third-order valence-electron chi connectivity index (χ3n) is 4.82. The van der Waals surface area contributed by atoms with Crippen LogP contribution in [-0.4, -0.2) is 35.5 Å². The highest BCUT2D eigenvalue weighted by atomic mass is 19.3. The summed E-state index contributed by atoms with van der Waals surface area (Å²) in [6.07, 6.45) is 0.912. The molecule has 0 saturated carbocycles. The number of likely N-dealkylation sites (tertiary alicyclic amines) is 1. The number of carbonyl (C=O) groups is 1. The summed E-state index contributed by atoms with van der Waals surface area (Å²) >= 11 is 0. The van der Waals surface area contributed by atoms with Gasteiger partial charge in [-0.15, -0.1) is 0 Å². The number of halogens is 2. The van der Waals surface area contributed by atoms with Crippen molar-refractivity contribution < 1.29 is 18.3 Å². The highest BCUT2D eigenvalue weighted by Gasteiger charge is 2.28. The molecule has 0 spiro atoms. The first-order valence-electron chi connectivity index (χ1n) is 8.52. The summed E-state index contributed by atoms with van der Waals surface area (Å²) in [5.41, 5.74) is 2.22. The number of carbonyl (C=O) groups excluding carboxylic acids is 1. The number of benzene rings is 2. The summed E-state index contributed by atoms with van der Waals surface area (Å²) in [6.45, 7) is -1.58. The second-order valence-corrected chi connectivity index (χ2v) is 6.43. The van der Waals surface area contributed by atoms with E-state index in [0.717, 1.165) is 6.42 Å². The van der Waals surface area contributed by atoms with Crippen LogP contribution < -0.4 is 4.74 Å². The fourth-order valence-electron chi connectivity index (χ4n) is 3.55. The summed E-state index contributed by atoms with van der Waals surface area (Å²) in [7, 11) is 0. The normalized spacial score (nSPS) is 17.2. The third-order valence-corrected chi connectivity index (χ3v) is 4.82. The first-order valence-corrected chi connectivity index (χ1v) is 8.52. The van der Waals surface area contributed by atoms with Crippen molar-refractivity contribution in [2.24, 2.45) is 0 Å². The SMILES string of the molecule is O=C(c1cc2c(OC(F)F)cccc2[nH]1)N1CC[C@@H](c2ccccc2)C1. The molecule has 1 saturated heterocycles. The number of H-pyrrole nitrogens is 1. The van der Waals surface area contributed by atoms with Gasteiger partial charge in [0.05, 0.1) is 0 Å². The lowest BCUT2D eigenvalue weighted by atomic mass is 9.99. The van der Waals surface area contributed by atoms with Crippen molar-refractivity contribution in [1.82, 2.24) is 9.88 Å². The molecule has 1 N–H and O–H groups in total. The average Bonchev–Trinajstić information content (AvgIpc) is 3.29. The zero-order valence-corrected chi connectivity index (χ0v) is 14.0. The average molecular weight is 356 g/mol. The third kappa shape index (κ3) is 3.14. The lowest BCUT2D eigenvalue weighted by Gasteiger charge is -2.15. The van der Waals surface area contributed by atoms with Crippen molar-refractivity contribution in [3.63, 3.8) is 0 Å². The van der Waals surface area contributed by atoms with E-state index in [-0.39, 0.29) is 11.7 Å². The van der Waals surface area contributed by atoms with Crippen LogP contribution in [0.15, 0.2) is 54.6 Å². The first-order chi connectivity index (χ1) is 12.6. The molecule has 0 aliphatic carbocycles. The quantitative estimate of drug-likeness (QED) is 0.753. The van der Waals surface area contributed by atoms with Crippen LogP contribution in [0.25, 0.3) is 10.9 Å². The maximum Gasteiger partial charge on any atom is 0.387 e. The number of aromatic nitrogens is 1. The van der Waals surface area contributed by atoms with Crippen LogP contribution in [-0.2, 0) is 0 Å². The van der Waals surface area contributed by atoms with Gasteiger partial charge in [0.25, 0.3) is 5.91 Å². The van der Waals surface area contributed by atoms with Crippen molar-refractivity contribution in [2.75, 3.05) is 13.1 Å². The molecule has 6 heteroatoms. The summed E-state index contributed by atoms with van der Waals surface area (Å²) in [6, 6.07) is 16.6. The minimum Gasteiger partial charge on any atom is -0.434 e. The Balaban J connectivity index is 1.55. The van der Waals surface area contributed by atoms with Gasteiger partial charge in [0.1, 0.15) is 11.4 Å². The number of nitrogens with one attached hydrogen (secondary N) is 1. The molecule has 0 unspecified atom stereocenters. The van der Waals surface area contributed by atoms with Crippen molar-refractivity contribution >= 4 is 16.8 Å². The van der Waals surface area contributed by atoms with E-state index < -0.39 is 6.61 Å². The number of nitrogens with zero attached hydrogens (tertiary/aromatic N) is 1. The van der Waals surface area contributed by atoms with E-state index in [1.165, 1.54) is 11.6 Å². The Morgan fingerprint density at radius 1 is 1.15 bits per heavy atom. The van der Waals surface area contributed by atoms with E-state index in [1.54, 1.807) is 23.1 Å². The second kappa shape index (κ2) is 6.78. The number of rotatable bonds is 4. The van der Waals surface area contributed by atoms with Gasteiger partial charge in [-0.1, -0.05) is 36.4 Å². The van der Waals surface area contributed by atoms with E-state index in [4.69, 9.17) is 0 Å². The summed E-state index contributed by atoms with van der Waals surface area (Å²) < 4.78 is 29.7. The largest absolute Gasteiger partial charge is 0.434 e. The Bertz CT molecular complexity index is 924. The first kappa shape index (κ1) is 16.6. The van der Waals surface area contributed by atoms with Gasteiger partial charge in [-0.25, -0.2) is 0 Å². The van der Waals surface area contributed by atoms with Gasteiger partial charge in [0, 0.05) is 29.9 Å². The van der Waals surface area contributed by atoms with Crippen molar-refractivity contribution in [3.8, 4) is 5.75 Å². The maximum absolute atomic E-state index is 12.8. The molecule has 1 aromatic heterocycles. The van der Waals surface area contributed by atoms with Crippen LogP contribution in [0.1, 0.15) is 28.4 Å². The molecule has 0 radical (unpaired) electrons. The number of ether oxygens (including phenoxy) is 1. The van der Waals surface area contributed by atoms with E-state index >= 15 is 0 Å². The summed E-state index contributed by atoms with van der Waals surface area (Å²) in [5.74, 6) is 0.265. The molecule has 1 fully saturated rings. The van der Waals surface area contributed by atoms with Gasteiger partial charge in [-0.2, -0.15) is 8.78 Å². The minimum absolute atomic E-state index is 0.0661. The number of amides is 1. The highest BCUT2D eigenvalue weighted by Crippen LogP contribution is 2.31. The molecule has 1 aliphatic rings. The van der Waals surface area contributed by atoms with Crippen LogP contribution in [0, 0.1) is 0 Å². The monoisotopic (exact) mass is 356 g/mol.